The smallest absolute Gasteiger partial charge is 0.254 e. The van der Waals surface area contributed by atoms with Crippen molar-refractivity contribution in [3.8, 4) is 0 Å². The normalized spacial score (nSPS) is 29.1. The molecule has 1 aliphatic heterocycles. The third-order valence-electron chi connectivity index (χ3n) is 6.58. The highest BCUT2D eigenvalue weighted by molar-refractivity contribution is 6.08. The molecule has 2 aromatic rings. The van der Waals surface area contributed by atoms with Gasteiger partial charge < -0.3 is 4.57 Å². The van der Waals surface area contributed by atoms with Crippen LogP contribution in [0.3, 0.4) is 0 Å². The lowest BCUT2D eigenvalue weighted by Crippen LogP contribution is -2.28. The van der Waals surface area contributed by atoms with E-state index < -0.39 is 0 Å². The summed E-state index contributed by atoms with van der Waals surface area (Å²) in [5, 5.41) is 6.62. The number of allylic oxidation sites excluding steroid dienone is 2. The van der Waals surface area contributed by atoms with Crippen molar-refractivity contribution < 1.29 is 9.59 Å². The van der Waals surface area contributed by atoms with Gasteiger partial charge in [-0.15, -0.1) is 0 Å². The van der Waals surface area contributed by atoms with Crippen LogP contribution in [0.4, 0.5) is 0 Å². The van der Waals surface area contributed by atoms with Crippen LogP contribution in [0.15, 0.2) is 41.5 Å². The van der Waals surface area contributed by atoms with Crippen molar-refractivity contribution in [1.82, 2.24) is 9.58 Å². The summed E-state index contributed by atoms with van der Waals surface area (Å²) in [6, 6.07) is 8.21. The van der Waals surface area contributed by atoms with E-state index >= 15 is 0 Å². The molecule has 1 aromatic carbocycles. The monoisotopic (exact) mass is 375 g/mol. The number of hydrazone groups is 1. The molecular weight excluding hydrogens is 350 g/mol. The molecule has 5 rings (SSSR count). The third kappa shape index (κ3) is 2.22. The Kier molecular flexibility index (Phi) is 3.52. The van der Waals surface area contributed by atoms with E-state index in [0.29, 0.717) is 0 Å². The molecule has 2 amide bonds. The Morgan fingerprint density at radius 2 is 1.64 bits per heavy atom. The molecule has 2 aliphatic carbocycles. The largest absolute Gasteiger partial charge is 0.339 e. The highest BCUT2D eigenvalue weighted by atomic mass is 16.2. The molecule has 28 heavy (non-hydrogen) atoms. The van der Waals surface area contributed by atoms with E-state index in [9.17, 15) is 9.59 Å². The SMILES string of the molecule is Cc1c(C=NN2C(=O)C3C4C=CC(C4)C3C2=O)c2ccccc2n1C(C)(C)C. The minimum Gasteiger partial charge on any atom is -0.339 e. The van der Waals surface area contributed by atoms with E-state index in [1.807, 2.05) is 12.1 Å². The Labute approximate surface area is 164 Å². The second-order valence-corrected chi connectivity index (χ2v) is 9.26. The highest BCUT2D eigenvalue weighted by Crippen LogP contribution is 2.52. The molecule has 144 valence electrons. The van der Waals surface area contributed by atoms with Crippen LogP contribution in [-0.4, -0.2) is 27.6 Å². The van der Waals surface area contributed by atoms with Crippen LogP contribution in [0.25, 0.3) is 10.9 Å². The van der Waals surface area contributed by atoms with Gasteiger partial charge >= 0.3 is 0 Å². The number of fused-ring (bicyclic) bond motifs is 6. The van der Waals surface area contributed by atoms with Gasteiger partial charge in [-0.2, -0.15) is 10.1 Å². The predicted octanol–water partition coefficient (Wildman–Crippen LogP) is 3.85. The van der Waals surface area contributed by atoms with Crippen LogP contribution in [0, 0.1) is 30.6 Å². The maximum absolute atomic E-state index is 12.9. The minimum absolute atomic E-state index is 0.0864. The molecule has 4 unspecified atom stereocenters. The fourth-order valence-corrected chi connectivity index (χ4v) is 5.54. The van der Waals surface area contributed by atoms with E-state index in [1.165, 1.54) is 0 Å². The Hall–Kier alpha value is -2.69. The number of carbonyl (C=O) groups is 2. The van der Waals surface area contributed by atoms with Crippen molar-refractivity contribution in [1.29, 1.82) is 0 Å². The first kappa shape index (κ1) is 17.4. The number of benzene rings is 1. The first-order chi connectivity index (χ1) is 13.3. The quantitative estimate of drug-likeness (QED) is 0.455. The summed E-state index contributed by atoms with van der Waals surface area (Å²) in [6.45, 7) is 8.58. The van der Waals surface area contributed by atoms with Crippen molar-refractivity contribution in [2.45, 2.75) is 39.7 Å². The summed E-state index contributed by atoms with van der Waals surface area (Å²) >= 11 is 0. The van der Waals surface area contributed by atoms with Crippen molar-refractivity contribution in [3.63, 3.8) is 0 Å². The standard InChI is InChI=1S/C23H25N3O2/c1-13-17(16-7-5-6-8-18(16)25(13)23(2,3)4)12-24-26-21(27)19-14-9-10-15(11-14)20(19)22(26)28/h5-10,12,14-15,19-20H,11H2,1-4H3. The number of hydrogen-bond donors (Lipinski definition) is 0. The molecule has 1 saturated carbocycles. The molecule has 4 atom stereocenters. The van der Waals surface area contributed by atoms with Crippen LogP contribution in [-0.2, 0) is 15.1 Å². The van der Waals surface area contributed by atoms with Gasteiger partial charge in [0.1, 0.15) is 0 Å². The molecule has 1 saturated heterocycles. The number of nitrogens with zero attached hydrogens (tertiary/aromatic N) is 3. The third-order valence-corrected chi connectivity index (χ3v) is 6.58. The predicted molar refractivity (Wildman–Crippen MR) is 109 cm³/mol. The summed E-state index contributed by atoms with van der Waals surface area (Å²) < 4.78 is 2.29. The van der Waals surface area contributed by atoms with Crippen molar-refractivity contribution >= 4 is 28.9 Å². The topological polar surface area (TPSA) is 54.7 Å². The molecule has 0 N–H and O–H groups in total. The van der Waals surface area contributed by atoms with Crippen molar-refractivity contribution in [3.05, 3.63) is 47.7 Å². The molecule has 1 aromatic heterocycles. The average Bonchev–Trinajstić information content (AvgIpc) is 3.36. The molecule has 2 bridgehead atoms. The molecule has 2 heterocycles. The molecule has 0 radical (unpaired) electrons. The van der Waals surface area contributed by atoms with Crippen LogP contribution in [0.5, 0.6) is 0 Å². The summed E-state index contributed by atoms with van der Waals surface area (Å²) in [6.07, 6.45) is 6.84. The summed E-state index contributed by atoms with van der Waals surface area (Å²) in [5.41, 5.74) is 3.09. The lowest BCUT2D eigenvalue weighted by molar-refractivity contribution is -0.140. The molecule has 2 fully saturated rings. The molecule has 5 nitrogen and oxygen atoms in total. The summed E-state index contributed by atoms with van der Waals surface area (Å²) in [7, 11) is 0. The zero-order chi connectivity index (χ0) is 19.8. The lowest BCUT2D eigenvalue weighted by atomic mass is 9.85. The summed E-state index contributed by atoms with van der Waals surface area (Å²) in [4.78, 5) is 25.7. The van der Waals surface area contributed by atoms with E-state index in [1.54, 1.807) is 6.21 Å². The zero-order valence-corrected chi connectivity index (χ0v) is 16.7. The van der Waals surface area contributed by atoms with Gasteiger partial charge in [-0.1, -0.05) is 30.4 Å². The van der Waals surface area contributed by atoms with Gasteiger partial charge in [0.25, 0.3) is 11.8 Å². The summed E-state index contributed by atoms with van der Waals surface area (Å²) in [5.74, 6) is -0.290. The number of amides is 2. The molecule has 3 aliphatic rings. The Morgan fingerprint density at radius 3 is 2.25 bits per heavy atom. The maximum Gasteiger partial charge on any atom is 0.254 e. The van der Waals surface area contributed by atoms with E-state index in [-0.39, 0.29) is 41.0 Å². The van der Waals surface area contributed by atoms with Gasteiger partial charge in [0.05, 0.1) is 18.1 Å². The number of para-hydroxylation sites is 1. The number of hydrogen-bond acceptors (Lipinski definition) is 3. The van der Waals surface area contributed by atoms with Crippen LogP contribution in [0.2, 0.25) is 0 Å². The fourth-order valence-electron chi connectivity index (χ4n) is 5.54. The van der Waals surface area contributed by atoms with Crippen LogP contribution in [0.1, 0.15) is 38.4 Å². The van der Waals surface area contributed by atoms with E-state index in [0.717, 1.165) is 33.6 Å². The lowest BCUT2D eigenvalue weighted by Gasteiger charge is -2.25. The highest BCUT2D eigenvalue weighted by Gasteiger charge is 2.59. The van der Waals surface area contributed by atoms with Gasteiger partial charge in [-0.3, -0.25) is 9.59 Å². The number of imide groups is 1. The van der Waals surface area contributed by atoms with Crippen molar-refractivity contribution in [2.24, 2.45) is 28.8 Å². The van der Waals surface area contributed by atoms with Crippen molar-refractivity contribution in [2.75, 3.05) is 0 Å². The molecule has 5 heteroatoms. The second-order valence-electron chi connectivity index (χ2n) is 9.26. The van der Waals surface area contributed by atoms with Gasteiger partial charge in [-0.05, 0) is 52.0 Å². The first-order valence-electron chi connectivity index (χ1n) is 9.99. The van der Waals surface area contributed by atoms with Gasteiger partial charge in [0.2, 0.25) is 0 Å². The van der Waals surface area contributed by atoms with E-state index in [4.69, 9.17) is 0 Å². The van der Waals surface area contributed by atoms with Crippen LogP contribution >= 0.6 is 0 Å². The Bertz CT molecular complexity index is 1040. The second kappa shape index (κ2) is 5.66. The Balaban J connectivity index is 1.55. The maximum atomic E-state index is 12.9. The Morgan fingerprint density at radius 1 is 1.04 bits per heavy atom. The van der Waals surface area contributed by atoms with Gasteiger partial charge in [0, 0.05) is 27.7 Å². The molecular formula is C23H25N3O2. The van der Waals surface area contributed by atoms with Crippen LogP contribution < -0.4 is 0 Å². The fraction of sp³-hybridized carbons (Fsp3) is 0.435. The number of carbonyl (C=O) groups excluding carboxylic acids is 2. The number of rotatable bonds is 2. The zero-order valence-electron chi connectivity index (χ0n) is 16.7. The van der Waals surface area contributed by atoms with E-state index in [2.05, 4.69) is 61.6 Å². The average molecular weight is 375 g/mol. The molecule has 0 spiro atoms. The van der Waals surface area contributed by atoms with Gasteiger partial charge in [0.15, 0.2) is 0 Å². The first-order valence-corrected chi connectivity index (χ1v) is 9.99. The minimum atomic E-state index is -0.211. The van der Waals surface area contributed by atoms with Gasteiger partial charge in [-0.25, -0.2) is 0 Å². The number of aromatic nitrogens is 1.